The van der Waals surface area contributed by atoms with Crippen LogP contribution < -0.4 is 5.32 Å². The SMILES string of the molecule is O=C1C=CN(Cl)C(S)N1. The van der Waals surface area contributed by atoms with Crippen LogP contribution in [0.2, 0.25) is 0 Å². The summed E-state index contributed by atoms with van der Waals surface area (Å²) in [6.07, 6.45) is 2.79. The molecule has 0 radical (unpaired) electrons. The van der Waals surface area contributed by atoms with Crippen LogP contribution in [0.1, 0.15) is 0 Å². The van der Waals surface area contributed by atoms with Gasteiger partial charge in [-0.3, -0.25) is 9.21 Å². The van der Waals surface area contributed by atoms with Gasteiger partial charge in [0.05, 0.1) is 0 Å². The Labute approximate surface area is 63.2 Å². The van der Waals surface area contributed by atoms with Gasteiger partial charge in [-0.05, 0) is 0 Å². The lowest BCUT2D eigenvalue weighted by molar-refractivity contribution is -0.117. The van der Waals surface area contributed by atoms with E-state index < -0.39 is 5.50 Å². The molecule has 1 N–H and O–H groups in total. The van der Waals surface area contributed by atoms with Gasteiger partial charge >= 0.3 is 0 Å². The second-order valence-electron chi connectivity index (χ2n) is 1.54. The van der Waals surface area contributed by atoms with Crippen LogP contribution in [0.4, 0.5) is 0 Å². The van der Waals surface area contributed by atoms with Crippen LogP contribution in [0.3, 0.4) is 0 Å². The Morgan fingerprint density at radius 3 is 3.00 bits per heavy atom. The molecule has 5 heteroatoms. The van der Waals surface area contributed by atoms with Gasteiger partial charge in [0.25, 0.3) is 0 Å². The average Bonchev–Trinajstić information content (AvgIpc) is 1.80. The van der Waals surface area contributed by atoms with Gasteiger partial charge in [-0.25, -0.2) is 0 Å². The lowest BCUT2D eigenvalue weighted by atomic mass is 10.5. The van der Waals surface area contributed by atoms with Crippen molar-refractivity contribution in [3.8, 4) is 0 Å². The van der Waals surface area contributed by atoms with Crippen molar-refractivity contribution in [2.24, 2.45) is 0 Å². The van der Waals surface area contributed by atoms with Crippen LogP contribution in [0.25, 0.3) is 0 Å². The Morgan fingerprint density at radius 1 is 1.89 bits per heavy atom. The lowest BCUT2D eigenvalue weighted by Gasteiger charge is -2.22. The number of amides is 1. The summed E-state index contributed by atoms with van der Waals surface area (Å²) >= 11 is 9.41. The zero-order chi connectivity index (χ0) is 6.85. The summed E-state index contributed by atoms with van der Waals surface area (Å²) in [7, 11) is 0. The Balaban J connectivity index is 2.65. The van der Waals surface area contributed by atoms with Crippen LogP contribution in [-0.2, 0) is 4.79 Å². The van der Waals surface area contributed by atoms with Gasteiger partial charge in [-0.1, -0.05) is 0 Å². The molecule has 0 fully saturated rings. The molecule has 0 aromatic carbocycles. The fourth-order valence-electron chi connectivity index (χ4n) is 0.457. The van der Waals surface area contributed by atoms with E-state index in [0.29, 0.717) is 0 Å². The minimum atomic E-state index is -0.413. The first-order valence-electron chi connectivity index (χ1n) is 2.31. The standard InChI is InChI=1S/C4H5ClN2OS/c5-7-2-1-3(8)6-4(7)9/h1-2,4,9H,(H,6,8). The van der Waals surface area contributed by atoms with E-state index in [0.717, 1.165) is 0 Å². The van der Waals surface area contributed by atoms with E-state index in [2.05, 4.69) is 17.9 Å². The molecule has 1 heterocycles. The lowest BCUT2D eigenvalue weighted by Crippen LogP contribution is -2.40. The minimum absolute atomic E-state index is 0.174. The number of halogens is 1. The molecular weight excluding hydrogens is 160 g/mol. The van der Waals surface area contributed by atoms with Gasteiger partial charge in [-0.2, -0.15) is 0 Å². The van der Waals surface area contributed by atoms with Crippen LogP contribution in [0.15, 0.2) is 12.3 Å². The third-order valence-electron chi connectivity index (χ3n) is 0.873. The fraction of sp³-hybridized carbons (Fsp3) is 0.250. The molecule has 0 spiro atoms. The molecule has 0 aromatic rings. The first kappa shape index (κ1) is 6.77. The summed E-state index contributed by atoms with van der Waals surface area (Å²) in [5, 5.41) is 2.46. The molecule has 50 valence electrons. The Bertz CT molecular complexity index is 161. The first-order chi connectivity index (χ1) is 4.20. The number of thiol groups is 1. The van der Waals surface area contributed by atoms with Crippen molar-refractivity contribution in [2.75, 3.05) is 0 Å². The molecule has 1 amide bonds. The molecule has 1 aliphatic heterocycles. The monoisotopic (exact) mass is 164 g/mol. The second-order valence-corrected chi connectivity index (χ2v) is 2.42. The topological polar surface area (TPSA) is 32.3 Å². The van der Waals surface area contributed by atoms with E-state index >= 15 is 0 Å². The van der Waals surface area contributed by atoms with Crippen molar-refractivity contribution in [3.05, 3.63) is 12.3 Å². The highest BCUT2D eigenvalue weighted by molar-refractivity contribution is 7.80. The van der Waals surface area contributed by atoms with Crippen molar-refractivity contribution < 1.29 is 4.79 Å². The van der Waals surface area contributed by atoms with E-state index in [9.17, 15) is 4.79 Å². The molecule has 9 heavy (non-hydrogen) atoms. The van der Waals surface area contributed by atoms with Crippen LogP contribution in [-0.4, -0.2) is 15.8 Å². The summed E-state index contributed by atoms with van der Waals surface area (Å²) < 4.78 is 1.27. The highest BCUT2D eigenvalue weighted by Gasteiger charge is 2.14. The van der Waals surface area contributed by atoms with Gasteiger partial charge in [0, 0.05) is 24.1 Å². The third kappa shape index (κ3) is 1.53. The molecule has 0 aromatic heterocycles. The Kier molecular flexibility index (Phi) is 1.87. The zero-order valence-corrected chi connectivity index (χ0v) is 6.06. The Morgan fingerprint density at radius 2 is 2.56 bits per heavy atom. The van der Waals surface area contributed by atoms with Gasteiger partial charge in [-0.15, -0.1) is 12.6 Å². The summed E-state index contributed by atoms with van der Waals surface area (Å²) in [6.45, 7) is 0. The highest BCUT2D eigenvalue weighted by atomic mass is 35.5. The van der Waals surface area contributed by atoms with Crippen molar-refractivity contribution in [2.45, 2.75) is 5.50 Å². The molecule has 1 atom stereocenters. The number of nitrogens with one attached hydrogen (secondary N) is 1. The molecule has 0 aliphatic carbocycles. The molecular formula is C4H5ClN2OS. The fourth-order valence-corrected chi connectivity index (χ4v) is 0.767. The number of nitrogens with zero attached hydrogens (tertiary/aromatic N) is 1. The van der Waals surface area contributed by atoms with Gasteiger partial charge < -0.3 is 5.32 Å². The van der Waals surface area contributed by atoms with E-state index in [1.54, 1.807) is 0 Å². The van der Waals surface area contributed by atoms with E-state index in [-0.39, 0.29) is 5.91 Å². The van der Waals surface area contributed by atoms with Crippen LogP contribution >= 0.6 is 24.4 Å². The van der Waals surface area contributed by atoms with Crippen molar-refractivity contribution in [1.29, 1.82) is 0 Å². The normalized spacial score (nSPS) is 26.2. The van der Waals surface area contributed by atoms with Crippen molar-refractivity contribution in [1.82, 2.24) is 9.74 Å². The van der Waals surface area contributed by atoms with E-state index in [1.165, 1.54) is 16.7 Å². The molecule has 3 nitrogen and oxygen atoms in total. The summed E-state index contributed by atoms with van der Waals surface area (Å²) in [5.41, 5.74) is -0.413. The largest absolute Gasteiger partial charge is 0.323 e. The molecule has 1 unspecified atom stereocenters. The van der Waals surface area contributed by atoms with Gasteiger partial charge in [0.15, 0.2) is 5.50 Å². The quantitative estimate of drug-likeness (QED) is 0.399. The number of carbonyl (C=O) groups is 1. The predicted molar refractivity (Wildman–Crippen MR) is 37.7 cm³/mol. The number of hydrogen-bond acceptors (Lipinski definition) is 3. The highest BCUT2D eigenvalue weighted by Crippen LogP contribution is 2.08. The first-order valence-corrected chi connectivity index (χ1v) is 3.16. The van der Waals surface area contributed by atoms with Gasteiger partial charge in [0.2, 0.25) is 5.91 Å². The van der Waals surface area contributed by atoms with Crippen LogP contribution in [0.5, 0.6) is 0 Å². The summed E-state index contributed by atoms with van der Waals surface area (Å²) in [4.78, 5) is 10.5. The Hall–Kier alpha value is -0.350. The van der Waals surface area contributed by atoms with Crippen LogP contribution in [0, 0.1) is 0 Å². The maximum absolute atomic E-state index is 10.5. The van der Waals surface area contributed by atoms with E-state index in [1.807, 2.05) is 0 Å². The zero-order valence-electron chi connectivity index (χ0n) is 4.41. The number of carbonyl (C=O) groups excluding carboxylic acids is 1. The maximum atomic E-state index is 10.5. The number of rotatable bonds is 0. The number of hydrogen-bond donors (Lipinski definition) is 2. The second kappa shape index (κ2) is 2.49. The molecule has 1 rings (SSSR count). The third-order valence-corrected chi connectivity index (χ3v) is 1.70. The minimum Gasteiger partial charge on any atom is -0.323 e. The van der Waals surface area contributed by atoms with E-state index in [4.69, 9.17) is 11.8 Å². The maximum Gasteiger partial charge on any atom is 0.247 e. The molecule has 0 saturated carbocycles. The predicted octanol–water partition coefficient (Wildman–Crippen LogP) is 0.299. The summed E-state index contributed by atoms with van der Waals surface area (Å²) in [5.74, 6) is -0.174. The van der Waals surface area contributed by atoms with Gasteiger partial charge in [0.1, 0.15) is 0 Å². The van der Waals surface area contributed by atoms with Crippen molar-refractivity contribution >= 4 is 30.3 Å². The average molecular weight is 165 g/mol. The smallest absolute Gasteiger partial charge is 0.247 e. The summed E-state index contributed by atoms with van der Waals surface area (Å²) in [6, 6.07) is 0. The molecule has 0 bridgehead atoms. The van der Waals surface area contributed by atoms with Crippen molar-refractivity contribution in [3.63, 3.8) is 0 Å². The molecule has 1 aliphatic rings. The molecule has 0 saturated heterocycles.